The second-order valence-electron chi connectivity index (χ2n) is 4.71. The zero-order valence-electron chi connectivity index (χ0n) is 11.9. The molecule has 0 saturated heterocycles. The van der Waals surface area contributed by atoms with Crippen LogP contribution < -0.4 is 0 Å². The molecule has 0 aromatic heterocycles. The lowest BCUT2D eigenvalue weighted by Crippen LogP contribution is -2.37. The van der Waals surface area contributed by atoms with Crippen LogP contribution in [-0.2, 0) is 4.79 Å². The fourth-order valence-corrected chi connectivity index (χ4v) is 1.63. The molecule has 0 bridgehead atoms. The van der Waals surface area contributed by atoms with E-state index in [0.29, 0.717) is 11.1 Å². The molecule has 0 N–H and O–H groups in total. The number of hydrogen-bond acceptors (Lipinski definition) is 4. The molecule has 7 nitrogen and oxygen atoms in total. The molecule has 0 heterocycles. The van der Waals surface area contributed by atoms with Gasteiger partial charge in [-0.2, -0.15) is 0 Å². The van der Waals surface area contributed by atoms with Crippen LogP contribution in [0.5, 0.6) is 0 Å². The summed E-state index contributed by atoms with van der Waals surface area (Å²) in [6.45, 7) is 1.53. The van der Waals surface area contributed by atoms with Gasteiger partial charge in [0, 0.05) is 38.3 Å². The molecule has 0 fully saturated rings. The van der Waals surface area contributed by atoms with Crippen molar-refractivity contribution in [2.45, 2.75) is 6.92 Å². The number of nitrogens with zero attached hydrogens (tertiary/aromatic N) is 3. The van der Waals surface area contributed by atoms with Gasteiger partial charge in [-0.3, -0.25) is 19.7 Å². The van der Waals surface area contributed by atoms with Crippen molar-refractivity contribution in [1.29, 1.82) is 0 Å². The highest BCUT2D eigenvalue weighted by atomic mass is 16.6. The topological polar surface area (TPSA) is 83.8 Å². The number of rotatable bonds is 4. The Morgan fingerprint density at radius 2 is 1.85 bits per heavy atom. The van der Waals surface area contributed by atoms with Gasteiger partial charge in [0.15, 0.2) is 0 Å². The second-order valence-corrected chi connectivity index (χ2v) is 4.71. The van der Waals surface area contributed by atoms with Crippen molar-refractivity contribution in [2.24, 2.45) is 0 Å². The Bertz CT molecular complexity index is 555. The Morgan fingerprint density at radius 1 is 1.25 bits per heavy atom. The van der Waals surface area contributed by atoms with Gasteiger partial charge in [-0.15, -0.1) is 0 Å². The Balaban J connectivity index is 2.90. The summed E-state index contributed by atoms with van der Waals surface area (Å²) in [4.78, 5) is 36.6. The SMILES string of the molecule is Cc1cc(C(=O)N(C)CC(=O)N(C)C)ccc1[N+](=O)[O-]. The predicted molar refractivity (Wildman–Crippen MR) is 73.5 cm³/mol. The van der Waals surface area contributed by atoms with Crippen molar-refractivity contribution in [3.63, 3.8) is 0 Å². The van der Waals surface area contributed by atoms with Gasteiger partial charge in [0.25, 0.3) is 11.6 Å². The molecule has 0 saturated carbocycles. The van der Waals surface area contributed by atoms with Gasteiger partial charge in [-0.05, 0) is 19.1 Å². The second kappa shape index (κ2) is 6.14. The zero-order chi connectivity index (χ0) is 15.4. The summed E-state index contributed by atoms with van der Waals surface area (Å²) >= 11 is 0. The molecule has 0 spiro atoms. The molecule has 0 atom stereocenters. The quantitative estimate of drug-likeness (QED) is 0.609. The Morgan fingerprint density at radius 3 is 2.30 bits per heavy atom. The number of carbonyl (C=O) groups is 2. The molecule has 0 radical (unpaired) electrons. The van der Waals surface area contributed by atoms with Gasteiger partial charge in [0.1, 0.15) is 0 Å². The number of aryl methyl sites for hydroxylation is 1. The highest BCUT2D eigenvalue weighted by molar-refractivity contribution is 5.96. The third-order valence-corrected chi connectivity index (χ3v) is 2.86. The van der Waals surface area contributed by atoms with Crippen LogP contribution in [0.1, 0.15) is 15.9 Å². The molecule has 1 rings (SSSR count). The molecule has 0 aliphatic heterocycles. The van der Waals surface area contributed by atoms with E-state index in [1.807, 2.05) is 0 Å². The number of amides is 2. The fourth-order valence-electron chi connectivity index (χ4n) is 1.63. The van der Waals surface area contributed by atoms with Crippen LogP contribution >= 0.6 is 0 Å². The first-order chi connectivity index (χ1) is 9.23. The van der Waals surface area contributed by atoms with E-state index in [2.05, 4.69) is 0 Å². The van der Waals surface area contributed by atoms with Crippen LogP contribution in [0, 0.1) is 17.0 Å². The number of nitro benzene ring substituents is 1. The van der Waals surface area contributed by atoms with Gasteiger partial charge in [-0.1, -0.05) is 0 Å². The maximum atomic E-state index is 12.1. The Kier molecular flexibility index (Phi) is 4.79. The molecule has 7 heteroatoms. The number of likely N-dealkylation sites (N-methyl/N-ethyl adjacent to an activating group) is 2. The first-order valence-corrected chi connectivity index (χ1v) is 5.94. The van der Waals surface area contributed by atoms with Crippen molar-refractivity contribution in [2.75, 3.05) is 27.7 Å². The lowest BCUT2D eigenvalue weighted by atomic mass is 10.1. The van der Waals surface area contributed by atoms with Crippen LogP contribution in [0.3, 0.4) is 0 Å². The van der Waals surface area contributed by atoms with Gasteiger partial charge < -0.3 is 9.80 Å². The van der Waals surface area contributed by atoms with E-state index in [1.165, 1.54) is 35.0 Å². The smallest absolute Gasteiger partial charge is 0.272 e. The highest BCUT2D eigenvalue weighted by Gasteiger charge is 2.18. The van der Waals surface area contributed by atoms with Crippen molar-refractivity contribution in [3.8, 4) is 0 Å². The van der Waals surface area contributed by atoms with E-state index in [9.17, 15) is 19.7 Å². The summed E-state index contributed by atoms with van der Waals surface area (Å²) in [7, 11) is 4.73. The van der Waals surface area contributed by atoms with E-state index in [0.717, 1.165) is 0 Å². The largest absolute Gasteiger partial charge is 0.347 e. The van der Waals surface area contributed by atoms with E-state index in [1.54, 1.807) is 21.0 Å². The van der Waals surface area contributed by atoms with E-state index < -0.39 is 4.92 Å². The molecule has 0 unspecified atom stereocenters. The standard InChI is InChI=1S/C13H17N3O4/c1-9-7-10(5-6-11(9)16(19)20)13(18)15(4)8-12(17)14(2)3/h5-7H,8H2,1-4H3. The normalized spacial score (nSPS) is 10.0. The summed E-state index contributed by atoms with van der Waals surface area (Å²) in [5.74, 6) is -0.544. The van der Waals surface area contributed by atoms with Gasteiger partial charge >= 0.3 is 0 Å². The molecular weight excluding hydrogens is 262 g/mol. The van der Waals surface area contributed by atoms with Gasteiger partial charge in [0.05, 0.1) is 11.5 Å². The molecule has 108 valence electrons. The average Bonchev–Trinajstić information content (AvgIpc) is 2.36. The third-order valence-electron chi connectivity index (χ3n) is 2.86. The summed E-state index contributed by atoms with van der Waals surface area (Å²) in [5, 5.41) is 10.7. The summed E-state index contributed by atoms with van der Waals surface area (Å²) < 4.78 is 0. The van der Waals surface area contributed by atoms with Gasteiger partial charge in [-0.25, -0.2) is 0 Å². The van der Waals surface area contributed by atoms with Crippen LogP contribution in [0.15, 0.2) is 18.2 Å². The third kappa shape index (κ3) is 3.53. The minimum absolute atomic E-state index is 0.0337. The van der Waals surface area contributed by atoms with Crippen LogP contribution in [0.2, 0.25) is 0 Å². The highest BCUT2D eigenvalue weighted by Crippen LogP contribution is 2.19. The van der Waals surface area contributed by atoms with Crippen LogP contribution in [-0.4, -0.2) is 54.2 Å². The maximum Gasteiger partial charge on any atom is 0.272 e. The first-order valence-electron chi connectivity index (χ1n) is 5.94. The van der Waals surface area contributed by atoms with E-state index in [4.69, 9.17) is 0 Å². The summed E-state index contributed by atoms with van der Waals surface area (Å²) in [5.41, 5.74) is 0.698. The minimum atomic E-state index is -0.497. The lowest BCUT2D eigenvalue weighted by molar-refractivity contribution is -0.385. The van der Waals surface area contributed by atoms with Crippen molar-refractivity contribution in [1.82, 2.24) is 9.80 Å². The van der Waals surface area contributed by atoms with Crippen molar-refractivity contribution < 1.29 is 14.5 Å². The Labute approximate surface area is 116 Å². The van der Waals surface area contributed by atoms with E-state index in [-0.39, 0.29) is 24.0 Å². The van der Waals surface area contributed by atoms with Crippen molar-refractivity contribution in [3.05, 3.63) is 39.4 Å². The summed E-state index contributed by atoms with van der Waals surface area (Å²) in [6.07, 6.45) is 0. The van der Waals surface area contributed by atoms with Crippen LogP contribution in [0.25, 0.3) is 0 Å². The minimum Gasteiger partial charge on any atom is -0.347 e. The van der Waals surface area contributed by atoms with Crippen LogP contribution in [0.4, 0.5) is 5.69 Å². The molecule has 1 aromatic rings. The van der Waals surface area contributed by atoms with E-state index >= 15 is 0 Å². The van der Waals surface area contributed by atoms with Gasteiger partial charge in [0.2, 0.25) is 5.91 Å². The summed E-state index contributed by atoms with van der Waals surface area (Å²) in [6, 6.07) is 4.14. The van der Waals surface area contributed by atoms with Crippen molar-refractivity contribution >= 4 is 17.5 Å². The maximum absolute atomic E-state index is 12.1. The zero-order valence-corrected chi connectivity index (χ0v) is 11.9. The Hall–Kier alpha value is -2.44. The number of benzene rings is 1. The molecule has 0 aliphatic rings. The molecule has 1 aromatic carbocycles. The number of hydrogen-bond donors (Lipinski definition) is 0. The predicted octanol–water partition coefficient (Wildman–Crippen LogP) is 1.06. The number of carbonyl (C=O) groups excluding carboxylic acids is 2. The molecular formula is C13H17N3O4. The molecule has 2 amide bonds. The lowest BCUT2D eigenvalue weighted by Gasteiger charge is -2.19. The molecule has 20 heavy (non-hydrogen) atoms. The monoisotopic (exact) mass is 279 g/mol. The first kappa shape index (κ1) is 15.6. The molecule has 0 aliphatic carbocycles. The number of nitro groups is 1. The fraction of sp³-hybridized carbons (Fsp3) is 0.385. The average molecular weight is 279 g/mol.